The first-order valence-electron chi connectivity index (χ1n) is 9.19. The van der Waals surface area contributed by atoms with Crippen molar-refractivity contribution in [2.45, 2.75) is 13.0 Å². The van der Waals surface area contributed by atoms with Crippen LogP contribution in [0, 0.1) is 0 Å². The molecule has 1 aliphatic heterocycles. The molecule has 2 aromatic rings. The molecule has 0 fully saturated rings. The number of ether oxygens (including phenoxy) is 1. The zero-order chi connectivity index (χ0) is 21.7. The summed E-state index contributed by atoms with van der Waals surface area (Å²) in [6.45, 7) is -0.146. The maximum Gasteiger partial charge on any atom is 0.322 e. The highest BCUT2D eigenvalue weighted by Gasteiger charge is 2.32. The zero-order valence-electron chi connectivity index (χ0n) is 16.3. The molecule has 30 heavy (non-hydrogen) atoms. The number of hydrogen-bond donors (Lipinski definition) is 3. The predicted molar refractivity (Wildman–Crippen MR) is 107 cm³/mol. The number of hydrogen-bond acceptors (Lipinski definition) is 6. The summed E-state index contributed by atoms with van der Waals surface area (Å²) in [5.74, 6) is -2.42. The number of pyridine rings is 1. The Balaban J connectivity index is 1.73. The van der Waals surface area contributed by atoms with Crippen LogP contribution in [0.5, 0.6) is 5.75 Å². The smallest absolute Gasteiger partial charge is 0.322 e. The van der Waals surface area contributed by atoms with Crippen molar-refractivity contribution in [3.05, 3.63) is 59.6 Å². The van der Waals surface area contributed by atoms with E-state index in [4.69, 9.17) is 9.84 Å². The Morgan fingerprint density at radius 1 is 1.23 bits per heavy atom. The van der Waals surface area contributed by atoms with Crippen LogP contribution in [-0.2, 0) is 20.9 Å². The van der Waals surface area contributed by atoms with Crippen LogP contribution in [0.3, 0.4) is 0 Å². The number of aliphatic hydroxyl groups excluding tert-OH is 1. The number of aliphatic carboxylic acids is 1. The summed E-state index contributed by atoms with van der Waals surface area (Å²) in [7, 11) is 1.59. The first kappa shape index (κ1) is 20.8. The maximum atomic E-state index is 12.7. The standard InChI is InChI=1S/C21H21N3O6/c1-30-17-6-8-22-10-15(17)14-4-2-13(3-5-14)12-24-9-7-16(25)19(21(24)29)20(28)23-11-18(26)27/h2-6,8,10,25H,7,9,11-12H2,1H3,(H,23,28)(H,26,27). The molecule has 0 unspecified atom stereocenters. The number of benzene rings is 1. The lowest BCUT2D eigenvalue weighted by molar-refractivity contribution is -0.138. The lowest BCUT2D eigenvalue weighted by atomic mass is 10.0. The molecule has 0 saturated carbocycles. The molecule has 9 heteroatoms. The van der Waals surface area contributed by atoms with Crippen molar-refractivity contribution in [3.63, 3.8) is 0 Å². The lowest BCUT2D eigenvalue weighted by Gasteiger charge is -2.28. The molecule has 3 N–H and O–H groups in total. The molecule has 156 valence electrons. The lowest BCUT2D eigenvalue weighted by Crippen LogP contribution is -2.43. The number of carboxylic acid groups (broad SMARTS) is 1. The number of nitrogens with one attached hydrogen (secondary N) is 1. The number of aromatic nitrogens is 1. The molecule has 9 nitrogen and oxygen atoms in total. The highest BCUT2D eigenvalue weighted by molar-refractivity contribution is 6.19. The van der Waals surface area contributed by atoms with E-state index in [2.05, 4.69) is 10.3 Å². The first-order chi connectivity index (χ1) is 14.4. The van der Waals surface area contributed by atoms with Gasteiger partial charge in [0.15, 0.2) is 0 Å². The summed E-state index contributed by atoms with van der Waals surface area (Å²) < 4.78 is 5.35. The second-order valence-corrected chi connectivity index (χ2v) is 6.65. The largest absolute Gasteiger partial charge is 0.511 e. The van der Waals surface area contributed by atoms with Gasteiger partial charge < -0.3 is 25.2 Å². The molecule has 1 aromatic heterocycles. The Morgan fingerprint density at radius 3 is 2.63 bits per heavy atom. The van der Waals surface area contributed by atoms with E-state index >= 15 is 0 Å². The van der Waals surface area contributed by atoms with Gasteiger partial charge in [-0.3, -0.25) is 19.4 Å². The summed E-state index contributed by atoms with van der Waals surface area (Å²) in [4.78, 5) is 41.0. The molecule has 1 aliphatic rings. The van der Waals surface area contributed by atoms with Crippen LogP contribution in [0.2, 0.25) is 0 Å². The number of rotatable bonds is 7. The van der Waals surface area contributed by atoms with Gasteiger partial charge in [0, 0.05) is 37.5 Å². The predicted octanol–water partition coefficient (Wildman–Crippen LogP) is 1.50. The SMILES string of the molecule is COc1ccncc1-c1ccc(CN2CCC(O)=C(C(=O)NCC(=O)O)C2=O)cc1. The third kappa shape index (κ3) is 4.57. The molecule has 2 heterocycles. The average Bonchev–Trinajstić information content (AvgIpc) is 2.75. The minimum Gasteiger partial charge on any atom is -0.511 e. The van der Waals surface area contributed by atoms with Gasteiger partial charge in [0.2, 0.25) is 0 Å². The fourth-order valence-electron chi connectivity index (χ4n) is 3.16. The number of carbonyl (C=O) groups excluding carboxylic acids is 2. The second-order valence-electron chi connectivity index (χ2n) is 6.65. The molecule has 0 radical (unpaired) electrons. The van der Waals surface area contributed by atoms with Crippen LogP contribution >= 0.6 is 0 Å². The third-order valence-corrected chi connectivity index (χ3v) is 4.67. The molecular formula is C21H21N3O6. The van der Waals surface area contributed by atoms with Crippen LogP contribution in [-0.4, -0.2) is 58.1 Å². The van der Waals surface area contributed by atoms with Crippen molar-refractivity contribution in [3.8, 4) is 16.9 Å². The van der Waals surface area contributed by atoms with E-state index in [9.17, 15) is 19.5 Å². The second kappa shape index (κ2) is 9.08. The van der Waals surface area contributed by atoms with Crippen LogP contribution in [0.1, 0.15) is 12.0 Å². The molecule has 0 bridgehead atoms. The van der Waals surface area contributed by atoms with E-state index in [1.54, 1.807) is 25.6 Å². The fourth-order valence-corrected chi connectivity index (χ4v) is 3.16. The van der Waals surface area contributed by atoms with Gasteiger partial charge in [0.25, 0.3) is 11.8 Å². The van der Waals surface area contributed by atoms with Crippen LogP contribution in [0.15, 0.2) is 54.1 Å². The molecule has 0 atom stereocenters. The quantitative estimate of drug-likeness (QED) is 0.589. The topological polar surface area (TPSA) is 129 Å². The van der Waals surface area contributed by atoms with Gasteiger partial charge in [-0.05, 0) is 17.2 Å². The molecule has 0 spiro atoms. The summed E-state index contributed by atoms with van der Waals surface area (Å²) in [6, 6.07) is 9.26. The van der Waals surface area contributed by atoms with Gasteiger partial charge in [-0.15, -0.1) is 0 Å². The average molecular weight is 411 g/mol. The Hall–Kier alpha value is -3.88. The number of carbonyl (C=O) groups is 3. The molecule has 2 amide bonds. The molecule has 3 rings (SSSR count). The van der Waals surface area contributed by atoms with E-state index in [1.807, 2.05) is 24.3 Å². The van der Waals surface area contributed by atoms with Crippen LogP contribution in [0.25, 0.3) is 11.1 Å². The third-order valence-electron chi connectivity index (χ3n) is 4.67. The Bertz CT molecular complexity index is 1000. The Kier molecular flexibility index (Phi) is 6.31. The Labute approximate surface area is 172 Å². The van der Waals surface area contributed by atoms with Gasteiger partial charge in [-0.1, -0.05) is 24.3 Å². The minimum atomic E-state index is -1.24. The van der Waals surface area contributed by atoms with E-state index < -0.39 is 29.9 Å². The number of amides is 2. The van der Waals surface area contributed by atoms with Crippen LogP contribution < -0.4 is 10.1 Å². The van der Waals surface area contributed by atoms with E-state index in [0.29, 0.717) is 5.75 Å². The summed E-state index contributed by atoms with van der Waals surface area (Å²) in [6.07, 6.45) is 3.47. The number of carboxylic acids is 1. The summed E-state index contributed by atoms with van der Waals surface area (Å²) in [5.41, 5.74) is 2.16. The Morgan fingerprint density at radius 2 is 1.97 bits per heavy atom. The first-order valence-corrected chi connectivity index (χ1v) is 9.19. The minimum absolute atomic E-state index is 0.118. The van der Waals surface area contributed by atoms with E-state index in [-0.39, 0.29) is 25.3 Å². The van der Waals surface area contributed by atoms with Crippen molar-refractivity contribution >= 4 is 17.8 Å². The van der Waals surface area contributed by atoms with Gasteiger partial charge in [0.1, 0.15) is 23.6 Å². The molecule has 0 aliphatic carbocycles. The fraction of sp³-hybridized carbons (Fsp3) is 0.238. The van der Waals surface area contributed by atoms with Crippen molar-refractivity contribution in [1.29, 1.82) is 0 Å². The van der Waals surface area contributed by atoms with Crippen molar-refractivity contribution in [1.82, 2.24) is 15.2 Å². The number of aliphatic hydroxyl groups is 1. The summed E-state index contributed by atoms with van der Waals surface area (Å²) in [5, 5.41) is 20.8. The van der Waals surface area contributed by atoms with Gasteiger partial charge in [-0.2, -0.15) is 0 Å². The van der Waals surface area contributed by atoms with Gasteiger partial charge >= 0.3 is 5.97 Å². The maximum absolute atomic E-state index is 12.7. The summed E-state index contributed by atoms with van der Waals surface area (Å²) >= 11 is 0. The number of nitrogens with zero attached hydrogens (tertiary/aromatic N) is 2. The monoisotopic (exact) mass is 411 g/mol. The van der Waals surface area contributed by atoms with Gasteiger partial charge in [0.05, 0.1) is 7.11 Å². The molecule has 0 saturated heterocycles. The van der Waals surface area contributed by atoms with E-state index in [0.717, 1.165) is 16.7 Å². The zero-order valence-corrected chi connectivity index (χ0v) is 16.3. The van der Waals surface area contributed by atoms with E-state index in [1.165, 1.54) is 4.90 Å². The highest BCUT2D eigenvalue weighted by Crippen LogP contribution is 2.29. The highest BCUT2D eigenvalue weighted by atomic mass is 16.5. The van der Waals surface area contributed by atoms with Crippen molar-refractivity contribution in [2.75, 3.05) is 20.2 Å². The van der Waals surface area contributed by atoms with Crippen molar-refractivity contribution in [2.24, 2.45) is 0 Å². The number of methoxy groups -OCH3 is 1. The van der Waals surface area contributed by atoms with Gasteiger partial charge in [-0.25, -0.2) is 0 Å². The normalized spacial score (nSPS) is 13.9. The molecule has 1 aromatic carbocycles. The molecular weight excluding hydrogens is 390 g/mol. The van der Waals surface area contributed by atoms with Crippen molar-refractivity contribution < 1.29 is 29.3 Å². The van der Waals surface area contributed by atoms with Crippen LogP contribution in [0.4, 0.5) is 0 Å².